The fourth-order valence-electron chi connectivity index (χ4n) is 2.46. The third-order valence-electron chi connectivity index (χ3n) is 4.29. The Labute approximate surface area is 180 Å². The van der Waals surface area contributed by atoms with Crippen molar-refractivity contribution < 1.29 is 32.5 Å². The summed E-state index contributed by atoms with van der Waals surface area (Å²) in [7, 11) is -4.93. The number of aliphatic hydroxyl groups excluding tert-OH is 1. The van der Waals surface area contributed by atoms with E-state index < -0.39 is 38.2 Å². The number of rotatable bonds is 11. The zero-order valence-corrected chi connectivity index (χ0v) is 18.2. The Bertz CT molecular complexity index is 922. The quantitative estimate of drug-likeness (QED) is 0.286. The van der Waals surface area contributed by atoms with E-state index in [1.54, 1.807) is 42.5 Å². The van der Waals surface area contributed by atoms with E-state index in [1.165, 1.54) is 26.0 Å². The normalized spacial score (nSPS) is 15.1. The number of para-hydroxylation sites is 1. The average Bonchev–Trinajstić information content (AvgIpc) is 2.77. The lowest BCUT2D eigenvalue weighted by atomic mass is 10.2. The topological polar surface area (TPSA) is 84.9 Å². The molecule has 0 bridgehead atoms. The molecule has 0 saturated carbocycles. The van der Waals surface area contributed by atoms with Crippen LogP contribution in [0.5, 0.6) is 5.75 Å². The van der Waals surface area contributed by atoms with Gasteiger partial charge in [0.15, 0.2) is 0 Å². The summed E-state index contributed by atoms with van der Waals surface area (Å²) < 4.78 is 53.7. The molecule has 6 nitrogen and oxygen atoms in total. The smallest absolute Gasteiger partial charge is 0.386 e. The number of esters is 1. The molecule has 2 N–H and O–H groups in total. The lowest BCUT2D eigenvalue weighted by molar-refractivity contribution is -0.146. The van der Waals surface area contributed by atoms with Gasteiger partial charge in [-0.3, -0.25) is 9.36 Å². The number of ether oxygens (including phenoxy) is 1. The van der Waals surface area contributed by atoms with Crippen molar-refractivity contribution in [3.8, 4) is 5.75 Å². The van der Waals surface area contributed by atoms with Crippen LogP contribution in [0, 0.1) is 0 Å². The van der Waals surface area contributed by atoms with Crippen molar-refractivity contribution in [2.45, 2.75) is 38.6 Å². The van der Waals surface area contributed by atoms with E-state index in [-0.39, 0.29) is 12.4 Å². The van der Waals surface area contributed by atoms with Crippen molar-refractivity contribution in [1.82, 2.24) is 5.09 Å². The van der Waals surface area contributed by atoms with E-state index in [2.05, 4.69) is 5.09 Å². The monoisotopic (exact) mass is 453 g/mol. The van der Waals surface area contributed by atoms with Crippen LogP contribution in [-0.2, 0) is 20.7 Å². The summed E-state index contributed by atoms with van der Waals surface area (Å²) in [5.41, 5.74) is -2.84. The summed E-state index contributed by atoms with van der Waals surface area (Å²) in [6.45, 7) is 2.29. The Balaban J connectivity index is 2.18. The second kappa shape index (κ2) is 11.2. The minimum Gasteiger partial charge on any atom is -0.460 e. The second-order valence-electron chi connectivity index (χ2n) is 6.98. The SMILES string of the molecule is C/C(=C\CC(F)(F)P(=O)(NC(C)C(=O)OCc1ccccc1)Oc1ccccc1)CO. The number of allylic oxidation sites excluding steroid dienone is 1. The highest BCUT2D eigenvalue weighted by molar-refractivity contribution is 7.58. The predicted molar refractivity (Wildman–Crippen MR) is 114 cm³/mol. The number of hydrogen-bond acceptors (Lipinski definition) is 5. The molecule has 0 aliphatic heterocycles. The minimum absolute atomic E-state index is 0.0364. The van der Waals surface area contributed by atoms with Crippen LogP contribution in [0.15, 0.2) is 72.3 Å². The molecule has 2 rings (SSSR count). The summed E-state index contributed by atoms with van der Waals surface area (Å²) in [6, 6.07) is 15.0. The van der Waals surface area contributed by atoms with Crippen LogP contribution in [0.3, 0.4) is 0 Å². The first-order chi connectivity index (χ1) is 14.7. The van der Waals surface area contributed by atoms with Crippen LogP contribution in [0.25, 0.3) is 0 Å². The van der Waals surface area contributed by atoms with Crippen LogP contribution in [-0.4, -0.2) is 29.4 Å². The second-order valence-corrected chi connectivity index (χ2v) is 9.18. The van der Waals surface area contributed by atoms with Gasteiger partial charge >= 0.3 is 19.2 Å². The number of benzene rings is 2. The summed E-state index contributed by atoms with van der Waals surface area (Å²) in [5.74, 6) is -0.885. The van der Waals surface area contributed by atoms with Gasteiger partial charge in [-0.25, -0.2) is 5.09 Å². The largest absolute Gasteiger partial charge is 0.460 e. The summed E-state index contributed by atoms with van der Waals surface area (Å²) in [4.78, 5) is 12.3. The van der Waals surface area contributed by atoms with Gasteiger partial charge in [0.1, 0.15) is 18.4 Å². The van der Waals surface area contributed by atoms with E-state index in [0.717, 1.165) is 11.6 Å². The molecule has 0 radical (unpaired) electrons. The fourth-order valence-corrected chi connectivity index (χ4v) is 4.20. The van der Waals surface area contributed by atoms with Gasteiger partial charge in [-0.15, -0.1) is 0 Å². The Kier molecular flexibility index (Phi) is 8.92. The molecule has 0 amide bonds. The van der Waals surface area contributed by atoms with Gasteiger partial charge in [0, 0.05) is 6.42 Å². The average molecular weight is 453 g/mol. The van der Waals surface area contributed by atoms with Crippen molar-refractivity contribution in [2.75, 3.05) is 6.61 Å². The van der Waals surface area contributed by atoms with Crippen LogP contribution < -0.4 is 9.61 Å². The van der Waals surface area contributed by atoms with E-state index in [9.17, 15) is 9.36 Å². The van der Waals surface area contributed by atoms with E-state index in [0.29, 0.717) is 5.57 Å². The maximum atomic E-state index is 15.0. The number of hydrogen-bond donors (Lipinski definition) is 2. The first-order valence-corrected chi connectivity index (χ1v) is 11.3. The van der Waals surface area contributed by atoms with Crippen molar-refractivity contribution in [2.24, 2.45) is 0 Å². The van der Waals surface area contributed by atoms with Gasteiger partial charge in [0.05, 0.1) is 6.61 Å². The summed E-state index contributed by atoms with van der Waals surface area (Å²) in [5, 5.41) is 11.2. The Morgan fingerprint density at radius 2 is 1.74 bits per heavy atom. The highest BCUT2D eigenvalue weighted by Gasteiger charge is 2.53. The molecule has 31 heavy (non-hydrogen) atoms. The number of nitrogens with one attached hydrogen (secondary N) is 1. The van der Waals surface area contributed by atoms with Crippen LogP contribution in [0.1, 0.15) is 25.8 Å². The standard InChI is InChI=1S/C22H26F2NO5P/c1-17(15-26)13-14-22(23,24)31(28,30-20-11-7-4-8-12-20)25-18(2)21(27)29-16-19-9-5-3-6-10-19/h3-13,18,26H,14-16H2,1-2H3,(H,25,28)/b17-13+. The van der Waals surface area contributed by atoms with E-state index >= 15 is 8.78 Å². The van der Waals surface area contributed by atoms with Gasteiger partial charge in [-0.1, -0.05) is 60.2 Å². The molecule has 168 valence electrons. The third kappa shape index (κ3) is 7.28. The van der Waals surface area contributed by atoms with Gasteiger partial charge < -0.3 is 14.4 Å². The maximum absolute atomic E-state index is 15.0. The Morgan fingerprint density at radius 3 is 2.32 bits per heavy atom. The molecule has 0 aliphatic carbocycles. The van der Waals surface area contributed by atoms with Crippen molar-refractivity contribution >= 4 is 13.5 Å². The lowest BCUT2D eigenvalue weighted by Gasteiger charge is -2.29. The number of aliphatic hydroxyl groups is 1. The van der Waals surface area contributed by atoms with Gasteiger partial charge in [-0.2, -0.15) is 8.78 Å². The highest BCUT2D eigenvalue weighted by atomic mass is 31.2. The number of carbonyl (C=O) groups excluding carboxylic acids is 1. The van der Waals surface area contributed by atoms with Crippen molar-refractivity contribution in [3.63, 3.8) is 0 Å². The maximum Gasteiger partial charge on any atom is 0.386 e. The van der Waals surface area contributed by atoms with Crippen LogP contribution in [0.4, 0.5) is 8.78 Å². The molecule has 2 atom stereocenters. The Hall–Kier alpha value is -2.54. The van der Waals surface area contributed by atoms with Crippen molar-refractivity contribution in [3.05, 3.63) is 77.9 Å². The molecule has 0 fully saturated rings. The predicted octanol–water partition coefficient (Wildman–Crippen LogP) is 4.90. The Morgan fingerprint density at radius 1 is 1.16 bits per heavy atom. The summed E-state index contributed by atoms with van der Waals surface area (Å²) in [6.07, 6.45) is 0.142. The molecule has 0 saturated heterocycles. The molecule has 2 aromatic rings. The first kappa shape index (κ1) is 24.7. The molecule has 0 aromatic heterocycles. The van der Waals surface area contributed by atoms with Gasteiger partial charge in [0.2, 0.25) is 0 Å². The number of halogens is 2. The van der Waals surface area contributed by atoms with Gasteiger partial charge in [0.25, 0.3) is 0 Å². The fraction of sp³-hybridized carbons (Fsp3) is 0.318. The number of alkyl halides is 2. The summed E-state index contributed by atoms with van der Waals surface area (Å²) >= 11 is 0. The zero-order valence-electron chi connectivity index (χ0n) is 17.3. The molecular formula is C22H26F2NO5P. The minimum atomic E-state index is -4.93. The third-order valence-corrected chi connectivity index (χ3v) is 6.53. The van der Waals surface area contributed by atoms with Crippen LogP contribution in [0.2, 0.25) is 0 Å². The van der Waals surface area contributed by atoms with E-state index in [4.69, 9.17) is 14.4 Å². The molecule has 9 heteroatoms. The first-order valence-electron chi connectivity index (χ1n) is 9.64. The molecule has 0 heterocycles. The lowest BCUT2D eigenvalue weighted by Crippen LogP contribution is -2.39. The van der Waals surface area contributed by atoms with Crippen LogP contribution >= 0.6 is 7.52 Å². The molecular weight excluding hydrogens is 427 g/mol. The number of carbonyl (C=O) groups is 1. The molecule has 2 unspecified atom stereocenters. The molecule has 0 spiro atoms. The van der Waals surface area contributed by atoms with Gasteiger partial charge in [-0.05, 0) is 31.5 Å². The molecule has 2 aromatic carbocycles. The van der Waals surface area contributed by atoms with Crippen molar-refractivity contribution in [1.29, 1.82) is 0 Å². The van der Waals surface area contributed by atoms with E-state index in [1.807, 2.05) is 6.07 Å². The molecule has 0 aliphatic rings. The highest BCUT2D eigenvalue weighted by Crippen LogP contribution is 2.59. The zero-order chi connectivity index (χ0) is 22.9.